The molecule has 0 radical (unpaired) electrons. The van der Waals surface area contributed by atoms with Crippen molar-refractivity contribution in [1.29, 1.82) is 0 Å². The lowest BCUT2D eigenvalue weighted by atomic mass is 9.94. The van der Waals surface area contributed by atoms with Gasteiger partial charge in [-0.25, -0.2) is 0 Å². The number of ether oxygens (including phenoxy) is 1. The topological polar surface area (TPSA) is 90.2 Å². The third-order valence-corrected chi connectivity index (χ3v) is 4.37. The number of rotatable bonds is 10. The Morgan fingerprint density at radius 1 is 0.741 bits per heavy atom. The number of aliphatic hydroxyl groups excluding tert-OH is 2. The largest absolute Gasteiger partial charge is 0.390 e. The molecule has 2 unspecified atom stereocenters. The summed E-state index contributed by atoms with van der Waals surface area (Å²) in [5, 5.41) is 41.9. The lowest BCUT2D eigenvalue weighted by molar-refractivity contribution is -0.365. The van der Waals surface area contributed by atoms with Crippen molar-refractivity contribution >= 4 is 0 Å². The molecule has 0 spiro atoms. The molecule has 0 heterocycles. The Labute approximate surface area is 159 Å². The molecule has 0 aliphatic carbocycles. The average Bonchev–Trinajstić information content (AvgIpc) is 2.69. The Balaban J connectivity index is 2.52. The van der Waals surface area contributed by atoms with Crippen LogP contribution in [0.25, 0.3) is 0 Å². The molecule has 0 amide bonds. The lowest BCUT2D eigenvalue weighted by Crippen LogP contribution is -2.46. The second-order valence-corrected chi connectivity index (χ2v) is 6.29. The zero-order valence-corrected chi connectivity index (χ0v) is 15.2. The van der Waals surface area contributed by atoms with Gasteiger partial charge in [-0.15, -0.1) is 13.2 Å². The molecule has 0 saturated heterocycles. The summed E-state index contributed by atoms with van der Waals surface area (Å²) in [4.78, 5) is 0. The second-order valence-electron chi connectivity index (χ2n) is 6.29. The van der Waals surface area contributed by atoms with E-state index in [2.05, 4.69) is 13.2 Å². The van der Waals surface area contributed by atoms with Gasteiger partial charge in [0.1, 0.15) is 13.2 Å². The second kappa shape index (κ2) is 9.08. The fraction of sp³-hybridized carbons (Fsp3) is 0.273. The minimum Gasteiger partial charge on any atom is -0.390 e. The number of hydrogen-bond donors (Lipinski definition) is 4. The van der Waals surface area contributed by atoms with Crippen molar-refractivity contribution < 1.29 is 25.2 Å². The summed E-state index contributed by atoms with van der Waals surface area (Å²) < 4.78 is 5.61. The van der Waals surface area contributed by atoms with Gasteiger partial charge in [0.15, 0.2) is 0 Å². The first-order valence-electron chi connectivity index (χ1n) is 8.69. The summed E-state index contributed by atoms with van der Waals surface area (Å²) in [5.74, 6) is -4.45. The standard InChI is InChI=1S/C22H26O5/c1-3-9-17-11-5-7-13-19(17)21(25,15-23)27-22(26,16-24)20-14-8-6-12-18(20)10-4-2/h3-8,11-14,23-26H,1-2,9-10,15-16H2. The normalized spacial score (nSPS) is 15.6. The quantitative estimate of drug-likeness (QED) is 0.380. The molecule has 2 rings (SSSR count). The average molecular weight is 370 g/mol. The molecule has 2 aromatic rings. The van der Waals surface area contributed by atoms with Crippen LogP contribution in [0.3, 0.4) is 0 Å². The van der Waals surface area contributed by atoms with Gasteiger partial charge in [0, 0.05) is 11.1 Å². The Kier molecular flexibility index (Phi) is 7.07. The van der Waals surface area contributed by atoms with Crippen molar-refractivity contribution in [3.8, 4) is 0 Å². The minimum atomic E-state index is -2.22. The molecule has 27 heavy (non-hydrogen) atoms. The predicted octanol–water partition coefficient (Wildman–Crippen LogP) is 2.14. The Morgan fingerprint density at radius 2 is 1.11 bits per heavy atom. The van der Waals surface area contributed by atoms with E-state index in [-0.39, 0.29) is 0 Å². The molecule has 0 aliphatic rings. The van der Waals surface area contributed by atoms with Crippen LogP contribution in [0.1, 0.15) is 22.3 Å². The SMILES string of the molecule is C=CCc1ccccc1C(O)(CO)OC(O)(CO)c1ccccc1CC=C. The fourth-order valence-electron chi connectivity index (χ4n) is 3.09. The van der Waals surface area contributed by atoms with Gasteiger partial charge in [-0.3, -0.25) is 0 Å². The zero-order valence-electron chi connectivity index (χ0n) is 15.2. The lowest BCUT2D eigenvalue weighted by Gasteiger charge is -2.38. The molecule has 2 aromatic carbocycles. The van der Waals surface area contributed by atoms with Crippen LogP contribution < -0.4 is 0 Å². The van der Waals surface area contributed by atoms with E-state index in [0.29, 0.717) is 35.1 Å². The van der Waals surface area contributed by atoms with Crippen LogP contribution in [0.15, 0.2) is 73.8 Å². The third kappa shape index (κ3) is 4.53. The highest BCUT2D eigenvalue weighted by atomic mass is 16.7. The number of aliphatic hydroxyl groups is 4. The van der Waals surface area contributed by atoms with E-state index in [4.69, 9.17) is 4.74 Å². The van der Waals surface area contributed by atoms with E-state index < -0.39 is 24.8 Å². The molecule has 0 fully saturated rings. The predicted molar refractivity (Wildman–Crippen MR) is 104 cm³/mol. The number of benzene rings is 2. The monoisotopic (exact) mass is 370 g/mol. The summed E-state index contributed by atoms with van der Waals surface area (Å²) in [5.41, 5.74) is 1.95. The molecule has 0 bridgehead atoms. The van der Waals surface area contributed by atoms with Crippen molar-refractivity contribution in [2.24, 2.45) is 0 Å². The Morgan fingerprint density at radius 3 is 1.44 bits per heavy atom. The van der Waals surface area contributed by atoms with Crippen LogP contribution in [0.5, 0.6) is 0 Å². The van der Waals surface area contributed by atoms with Gasteiger partial charge in [-0.1, -0.05) is 60.7 Å². The summed E-state index contributed by atoms with van der Waals surface area (Å²) in [6.45, 7) is 5.76. The molecule has 0 aromatic heterocycles. The van der Waals surface area contributed by atoms with E-state index in [9.17, 15) is 20.4 Å². The number of allylic oxidation sites excluding steroid dienone is 2. The first kappa shape index (κ1) is 21.0. The van der Waals surface area contributed by atoms with E-state index in [0.717, 1.165) is 0 Å². The zero-order chi connectivity index (χ0) is 19.9. The van der Waals surface area contributed by atoms with Crippen molar-refractivity contribution in [3.63, 3.8) is 0 Å². The van der Waals surface area contributed by atoms with Crippen LogP contribution in [0.4, 0.5) is 0 Å². The van der Waals surface area contributed by atoms with Crippen LogP contribution in [0.2, 0.25) is 0 Å². The summed E-state index contributed by atoms with van der Waals surface area (Å²) in [6, 6.07) is 13.7. The fourth-order valence-corrected chi connectivity index (χ4v) is 3.09. The van der Waals surface area contributed by atoms with Gasteiger partial charge in [0.2, 0.25) is 11.6 Å². The van der Waals surface area contributed by atoms with Gasteiger partial charge in [0.05, 0.1) is 0 Å². The van der Waals surface area contributed by atoms with E-state index in [1.54, 1.807) is 60.7 Å². The highest BCUT2D eigenvalue weighted by molar-refractivity contribution is 5.35. The van der Waals surface area contributed by atoms with Crippen molar-refractivity contribution in [1.82, 2.24) is 0 Å². The van der Waals surface area contributed by atoms with E-state index >= 15 is 0 Å². The van der Waals surface area contributed by atoms with E-state index in [1.807, 2.05) is 0 Å². The van der Waals surface area contributed by atoms with Crippen LogP contribution in [-0.4, -0.2) is 33.6 Å². The van der Waals surface area contributed by atoms with Gasteiger partial charge in [-0.05, 0) is 24.0 Å². The Bertz CT molecular complexity index is 722. The van der Waals surface area contributed by atoms with Gasteiger partial charge in [-0.2, -0.15) is 0 Å². The maximum absolute atomic E-state index is 11.0. The molecule has 0 aliphatic heterocycles. The Hall–Kier alpha value is -2.28. The first-order valence-corrected chi connectivity index (χ1v) is 8.69. The van der Waals surface area contributed by atoms with Crippen LogP contribution >= 0.6 is 0 Å². The maximum Gasteiger partial charge on any atom is 0.219 e. The minimum absolute atomic E-state index is 0.292. The summed E-state index contributed by atoms with van der Waals surface area (Å²) in [6.07, 6.45) is 4.20. The van der Waals surface area contributed by atoms with E-state index in [1.165, 1.54) is 0 Å². The molecule has 144 valence electrons. The van der Waals surface area contributed by atoms with Crippen LogP contribution in [0, 0.1) is 0 Å². The molecule has 5 nitrogen and oxygen atoms in total. The summed E-state index contributed by atoms with van der Waals surface area (Å²) in [7, 11) is 0. The highest BCUT2D eigenvalue weighted by Crippen LogP contribution is 2.36. The first-order chi connectivity index (χ1) is 12.9. The molecule has 5 heteroatoms. The maximum atomic E-state index is 11.0. The van der Waals surface area contributed by atoms with Crippen LogP contribution in [-0.2, 0) is 29.2 Å². The number of hydrogen-bond acceptors (Lipinski definition) is 5. The molecule has 0 saturated carbocycles. The van der Waals surface area contributed by atoms with Gasteiger partial charge < -0.3 is 25.2 Å². The summed E-state index contributed by atoms with van der Waals surface area (Å²) >= 11 is 0. The highest BCUT2D eigenvalue weighted by Gasteiger charge is 2.43. The van der Waals surface area contributed by atoms with Crippen molar-refractivity contribution in [2.75, 3.05) is 13.2 Å². The molecule has 4 N–H and O–H groups in total. The van der Waals surface area contributed by atoms with Gasteiger partial charge >= 0.3 is 0 Å². The molecular weight excluding hydrogens is 344 g/mol. The molecular formula is C22H26O5. The third-order valence-electron chi connectivity index (χ3n) is 4.37. The van der Waals surface area contributed by atoms with Gasteiger partial charge in [0.25, 0.3) is 0 Å². The van der Waals surface area contributed by atoms with Crippen molar-refractivity contribution in [3.05, 3.63) is 96.1 Å². The van der Waals surface area contributed by atoms with Crippen molar-refractivity contribution in [2.45, 2.75) is 24.4 Å². The smallest absolute Gasteiger partial charge is 0.219 e. The molecule has 2 atom stereocenters.